The van der Waals surface area contributed by atoms with Gasteiger partial charge in [-0.05, 0) is 29.5 Å². The van der Waals surface area contributed by atoms with E-state index in [1.807, 2.05) is 54.8 Å². The number of aliphatic imine (C=N–C) groups is 1. The van der Waals surface area contributed by atoms with Crippen molar-refractivity contribution in [2.45, 2.75) is 5.75 Å². The van der Waals surface area contributed by atoms with E-state index in [9.17, 15) is 9.90 Å². The minimum absolute atomic E-state index is 0.143. The number of thioether (sulfide) groups is 2. The zero-order chi connectivity index (χ0) is 18.1. The van der Waals surface area contributed by atoms with Crippen LogP contribution in [0.2, 0.25) is 0 Å². The van der Waals surface area contributed by atoms with Crippen molar-refractivity contribution < 1.29 is 14.6 Å². The van der Waals surface area contributed by atoms with Crippen LogP contribution in [-0.4, -0.2) is 28.8 Å². The van der Waals surface area contributed by atoms with Crippen molar-refractivity contribution >= 4 is 45.1 Å². The van der Waals surface area contributed by atoms with Gasteiger partial charge >= 0.3 is 5.97 Å². The number of carbonyl (C=O) groups excluding carboxylic acids is 1. The second-order valence-electron chi connectivity index (χ2n) is 4.90. The lowest BCUT2D eigenvalue weighted by Crippen LogP contribution is -2.06. The summed E-state index contributed by atoms with van der Waals surface area (Å²) >= 11 is 3.15. The van der Waals surface area contributed by atoms with Crippen LogP contribution in [0.4, 0.5) is 5.69 Å². The summed E-state index contributed by atoms with van der Waals surface area (Å²) in [6, 6.07) is 17.2. The number of methoxy groups -OCH3 is 1. The summed E-state index contributed by atoms with van der Waals surface area (Å²) in [5.41, 5.74) is 2.63. The Labute approximate surface area is 156 Å². The van der Waals surface area contributed by atoms with Crippen LogP contribution >= 0.6 is 23.5 Å². The number of aliphatic hydroxyl groups excluding tert-OH is 1. The third-order valence-electron chi connectivity index (χ3n) is 3.34. The molecule has 0 amide bonds. The molecule has 0 aromatic heterocycles. The van der Waals surface area contributed by atoms with Gasteiger partial charge in [-0.3, -0.25) is 0 Å². The highest BCUT2D eigenvalue weighted by Gasteiger charge is 2.16. The molecule has 0 aliphatic rings. The average molecular weight is 373 g/mol. The largest absolute Gasteiger partial charge is 0.515 e. The van der Waals surface area contributed by atoms with Gasteiger partial charge in [-0.25, -0.2) is 9.79 Å². The monoisotopic (exact) mass is 373 g/mol. The van der Waals surface area contributed by atoms with Gasteiger partial charge in [0.25, 0.3) is 0 Å². The van der Waals surface area contributed by atoms with Gasteiger partial charge in [0, 0.05) is 5.75 Å². The molecular formula is C19H19NO3S2. The molecule has 2 rings (SSSR count). The molecule has 0 radical (unpaired) electrons. The molecule has 0 aliphatic heterocycles. The first-order valence-electron chi connectivity index (χ1n) is 7.51. The normalized spacial score (nSPS) is 12.1. The van der Waals surface area contributed by atoms with Crippen molar-refractivity contribution in [3.63, 3.8) is 0 Å². The van der Waals surface area contributed by atoms with Gasteiger partial charge in [-0.15, -0.1) is 11.8 Å². The number of hydrogen-bond acceptors (Lipinski definition) is 6. The lowest BCUT2D eigenvalue weighted by molar-refractivity contribution is -0.133. The van der Waals surface area contributed by atoms with Crippen molar-refractivity contribution in [2.24, 2.45) is 4.99 Å². The van der Waals surface area contributed by atoms with E-state index in [0.717, 1.165) is 21.9 Å². The van der Waals surface area contributed by atoms with Crippen molar-refractivity contribution in [1.82, 2.24) is 0 Å². The fourth-order valence-corrected chi connectivity index (χ4v) is 3.68. The van der Waals surface area contributed by atoms with Gasteiger partial charge in [0.05, 0.1) is 19.1 Å². The first kappa shape index (κ1) is 19.1. The zero-order valence-corrected chi connectivity index (χ0v) is 15.6. The summed E-state index contributed by atoms with van der Waals surface area (Å²) < 4.78 is 5.66. The van der Waals surface area contributed by atoms with Gasteiger partial charge in [0.2, 0.25) is 0 Å². The lowest BCUT2D eigenvalue weighted by atomic mass is 10.0. The van der Waals surface area contributed by atoms with Crippen molar-refractivity contribution in [3.8, 4) is 0 Å². The molecule has 0 fully saturated rings. The molecule has 0 bridgehead atoms. The Morgan fingerprint density at radius 3 is 2.48 bits per heavy atom. The second-order valence-corrected chi connectivity index (χ2v) is 6.91. The quantitative estimate of drug-likeness (QED) is 0.261. The summed E-state index contributed by atoms with van der Waals surface area (Å²) in [5, 5.41) is 9.43. The molecule has 0 aliphatic carbocycles. The Bertz CT molecular complexity index is 773. The first-order valence-corrected chi connectivity index (χ1v) is 9.72. The van der Waals surface area contributed by atoms with Crippen LogP contribution in [0.5, 0.6) is 0 Å². The third kappa shape index (κ3) is 5.41. The molecule has 4 nitrogen and oxygen atoms in total. The molecular weight excluding hydrogens is 354 g/mol. The predicted octanol–water partition coefficient (Wildman–Crippen LogP) is 5.04. The summed E-state index contributed by atoms with van der Waals surface area (Å²) in [6.45, 7) is 0. The van der Waals surface area contributed by atoms with E-state index in [2.05, 4.69) is 4.99 Å². The fraction of sp³-hybridized carbons (Fsp3) is 0.158. The molecule has 6 heteroatoms. The third-order valence-corrected chi connectivity index (χ3v) is 5.43. The Hall–Kier alpha value is -2.18. The number of benzene rings is 2. The lowest BCUT2D eigenvalue weighted by Gasteiger charge is -2.11. The number of ether oxygens (including phenoxy) is 1. The van der Waals surface area contributed by atoms with Crippen LogP contribution < -0.4 is 0 Å². The van der Waals surface area contributed by atoms with Crippen LogP contribution in [0.3, 0.4) is 0 Å². The second kappa shape index (κ2) is 9.96. The predicted molar refractivity (Wildman–Crippen MR) is 107 cm³/mol. The van der Waals surface area contributed by atoms with E-state index in [0.29, 0.717) is 11.3 Å². The van der Waals surface area contributed by atoms with E-state index < -0.39 is 5.97 Å². The zero-order valence-electron chi connectivity index (χ0n) is 14.0. The molecule has 0 heterocycles. The highest BCUT2D eigenvalue weighted by atomic mass is 32.2. The summed E-state index contributed by atoms with van der Waals surface area (Å²) in [5.74, 6) is 0.0554. The number of hydrogen-bond donors (Lipinski definition) is 1. The maximum atomic E-state index is 11.8. The number of esters is 1. The number of carbonyl (C=O) groups is 1. The molecule has 1 N–H and O–H groups in total. The molecule has 0 saturated heterocycles. The molecule has 0 saturated carbocycles. The van der Waals surface area contributed by atoms with E-state index in [4.69, 9.17) is 4.74 Å². The van der Waals surface area contributed by atoms with Crippen LogP contribution in [0.25, 0.3) is 5.57 Å². The van der Waals surface area contributed by atoms with Gasteiger partial charge in [0.1, 0.15) is 9.95 Å². The smallest absolute Gasteiger partial charge is 0.341 e. The summed E-state index contributed by atoms with van der Waals surface area (Å²) in [6.07, 6.45) is 2.77. The van der Waals surface area contributed by atoms with Crippen LogP contribution in [0, 0.1) is 0 Å². The fourth-order valence-electron chi connectivity index (χ4n) is 2.14. The van der Waals surface area contributed by atoms with Crippen molar-refractivity contribution in [3.05, 3.63) is 72.0 Å². The number of rotatable bonds is 5. The Kier molecular flexibility index (Phi) is 7.63. The minimum Gasteiger partial charge on any atom is -0.515 e. The maximum absolute atomic E-state index is 11.8. The molecule has 2 aromatic rings. The Balaban J connectivity index is 2.20. The molecule has 0 unspecified atom stereocenters. The van der Waals surface area contributed by atoms with Gasteiger partial charge < -0.3 is 9.84 Å². The van der Waals surface area contributed by atoms with E-state index in [1.165, 1.54) is 7.11 Å². The Morgan fingerprint density at radius 2 is 1.84 bits per heavy atom. The standard InChI is InChI=1S/C19H19NO3S2/c1-23-18(22)17(12-21)16-11-7-6-8-14(16)13-25-19(24-2)20-15-9-4-3-5-10-15/h3-12,21H,13H2,1-2H3/b17-12+,20-19+. The summed E-state index contributed by atoms with van der Waals surface area (Å²) in [7, 11) is 1.29. The van der Waals surface area contributed by atoms with E-state index in [1.54, 1.807) is 29.6 Å². The average Bonchev–Trinajstić information content (AvgIpc) is 2.67. The summed E-state index contributed by atoms with van der Waals surface area (Å²) in [4.78, 5) is 16.5. The van der Waals surface area contributed by atoms with Crippen LogP contribution in [-0.2, 0) is 15.3 Å². The molecule has 0 atom stereocenters. The van der Waals surface area contributed by atoms with Crippen molar-refractivity contribution in [2.75, 3.05) is 13.4 Å². The topological polar surface area (TPSA) is 58.9 Å². The number of para-hydroxylation sites is 1. The van der Waals surface area contributed by atoms with Gasteiger partial charge in [-0.1, -0.05) is 54.2 Å². The first-order chi connectivity index (χ1) is 12.2. The SMILES string of the molecule is COC(=O)/C(=C/O)c1ccccc1CS/C(=N/c1ccccc1)SC. The maximum Gasteiger partial charge on any atom is 0.341 e. The number of aliphatic hydroxyl groups is 1. The van der Waals surface area contributed by atoms with Crippen LogP contribution in [0.1, 0.15) is 11.1 Å². The highest BCUT2D eigenvalue weighted by Crippen LogP contribution is 2.28. The van der Waals surface area contributed by atoms with Crippen LogP contribution in [0.15, 0.2) is 65.9 Å². The molecule has 2 aromatic carbocycles. The highest BCUT2D eigenvalue weighted by molar-refractivity contribution is 8.38. The van der Waals surface area contributed by atoms with E-state index in [-0.39, 0.29) is 5.57 Å². The minimum atomic E-state index is -0.567. The molecule has 25 heavy (non-hydrogen) atoms. The number of nitrogens with zero attached hydrogens (tertiary/aromatic N) is 1. The van der Waals surface area contributed by atoms with E-state index >= 15 is 0 Å². The molecule has 130 valence electrons. The van der Waals surface area contributed by atoms with Gasteiger partial charge in [0.15, 0.2) is 0 Å². The van der Waals surface area contributed by atoms with Crippen molar-refractivity contribution in [1.29, 1.82) is 0 Å². The van der Waals surface area contributed by atoms with Gasteiger partial charge in [-0.2, -0.15) is 0 Å². The molecule has 0 spiro atoms. The Morgan fingerprint density at radius 1 is 1.16 bits per heavy atom.